The lowest BCUT2D eigenvalue weighted by Gasteiger charge is -2.17. The number of rotatable bonds is 1. The van der Waals surface area contributed by atoms with E-state index in [2.05, 4.69) is 19.1 Å². The van der Waals surface area contributed by atoms with Gasteiger partial charge in [0.15, 0.2) is 0 Å². The minimum Gasteiger partial charge on any atom is -0.0914 e. The van der Waals surface area contributed by atoms with E-state index in [0.717, 1.165) is 17.8 Å². The summed E-state index contributed by atoms with van der Waals surface area (Å²) in [5, 5.41) is 0. The van der Waals surface area contributed by atoms with Gasteiger partial charge in [-0.15, -0.1) is 0 Å². The van der Waals surface area contributed by atoms with E-state index in [1.54, 1.807) is 0 Å². The first-order chi connectivity index (χ1) is 4.90. The van der Waals surface area contributed by atoms with E-state index in [4.69, 9.17) is 0 Å². The Kier molecular flexibility index (Phi) is 1.55. The summed E-state index contributed by atoms with van der Waals surface area (Å²) in [6, 6.07) is 0. The second kappa shape index (κ2) is 2.41. The number of hydrogen-bond donors (Lipinski definition) is 0. The van der Waals surface area contributed by atoms with Crippen LogP contribution in [0.5, 0.6) is 0 Å². The van der Waals surface area contributed by atoms with Gasteiger partial charge < -0.3 is 0 Å². The molecule has 3 unspecified atom stereocenters. The van der Waals surface area contributed by atoms with Crippen LogP contribution < -0.4 is 0 Å². The molecule has 0 aromatic heterocycles. The molecule has 2 bridgehead atoms. The highest BCUT2D eigenvalue weighted by Crippen LogP contribution is 2.48. The van der Waals surface area contributed by atoms with Crippen molar-refractivity contribution in [2.24, 2.45) is 17.8 Å². The highest BCUT2D eigenvalue weighted by molar-refractivity contribution is 4.99. The fourth-order valence-corrected chi connectivity index (χ4v) is 2.78. The van der Waals surface area contributed by atoms with Crippen LogP contribution in [0, 0.1) is 17.8 Å². The minimum absolute atomic E-state index is 0.962. The van der Waals surface area contributed by atoms with Crippen LogP contribution in [0.1, 0.15) is 32.6 Å². The zero-order valence-corrected chi connectivity index (χ0v) is 6.72. The molecular formula is C10H16. The van der Waals surface area contributed by atoms with Crippen LogP contribution in [0.3, 0.4) is 0 Å². The summed E-state index contributed by atoms with van der Waals surface area (Å²) in [5.41, 5.74) is 0. The molecule has 2 saturated carbocycles. The molecule has 2 aliphatic carbocycles. The van der Waals surface area contributed by atoms with E-state index in [9.17, 15) is 0 Å². The maximum atomic E-state index is 2.42. The van der Waals surface area contributed by atoms with Gasteiger partial charge in [-0.2, -0.15) is 0 Å². The molecule has 0 amide bonds. The zero-order chi connectivity index (χ0) is 6.97. The molecule has 0 nitrogen and oxygen atoms in total. The Bertz CT molecular complexity index is 146. The Balaban J connectivity index is 2.02. The summed E-state index contributed by atoms with van der Waals surface area (Å²) in [6.45, 7) is 2.14. The first-order valence-corrected chi connectivity index (χ1v) is 4.53. The van der Waals surface area contributed by atoms with Gasteiger partial charge in [-0.25, -0.2) is 0 Å². The van der Waals surface area contributed by atoms with Crippen molar-refractivity contribution < 1.29 is 0 Å². The third kappa shape index (κ3) is 0.902. The van der Waals surface area contributed by atoms with Crippen molar-refractivity contribution in [3.8, 4) is 0 Å². The zero-order valence-electron chi connectivity index (χ0n) is 6.72. The van der Waals surface area contributed by atoms with Crippen molar-refractivity contribution in [2.75, 3.05) is 0 Å². The summed E-state index contributed by atoms with van der Waals surface area (Å²) in [5.74, 6) is 3.14. The summed E-state index contributed by atoms with van der Waals surface area (Å²) in [7, 11) is 0. The lowest BCUT2D eigenvalue weighted by Crippen LogP contribution is -2.06. The molecule has 2 fully saturated rings. The molecule has 0 aromatic carbocycles. The largest absolute Gasteiger partial charge is 0.0914 e. The topological polar surface area (TPSA) is 0 Å². The van der Waals surface area contributed by atoms with Crippen molar-refractivity contribution in [1.29, 1.82) is 0 Å². The van der Waals surface area contributed by atoms with Gasteiger partial charge >= 0.3 is 0 Å². The smallest absolute Gasteiger partial charge is 0.0203 e. The predicted molar refractivity (Wildman–Crippen MR) is 43.8 cm³/mol. The molecule has 0 heteroatoms. The molecular weight excluding hydrogens is 120 g/mol. The van der Waals surface area contributed by atoms with Gasteiger partial charge in [0.1, 0.15) is 0 Å². The van der Waals surface area contributed by atoms with E-state index in [-0.39, 0.29) is 0 Å². The maximum absolute atomic E-state index is 2.42. The molecule has 0 N–H and O–H groups in total. The maximum Gasteiger partial charge on any atom is -0.0203 e. The molecule has 2 rings (SSSR count). The Morgan fingerprint density at radius 2 is 2.10 bits per heavy atom. The molecule has 0 aromatic rings. The van der Waals surface area contributed by atoms with Gasteiger partial charge in [0, 0.05) is 0 Å². The van der Waals surface area contributed by atoms with Gasteiger partial charge in [-0.1, -0.05) is 18.6 Å². The second-order valence-corrected chi connectivity index (χ2v) is 3.86. The van der Waals surface area contributed by atoms with Crippen molar-refractivity contribution in [3.05, 3.63) is 12.2 Å². The number of fused-ring (bicyclic) bond motifs is 2. The van der Waals surface area contributed by atoms with Crippen molar-refractivity contribution in [1.82, 2.24) is 0 Å². The summed E-state index contributed by atoms with van der Waals surface area (Å²) >= 11 is 0. The highest BCUT2D eigenvalue weighted by atomic mass is 14.4. The van der Waals surface area contributed by atoms with E-state index in [1.807, 2.05) is 0 Å². The van der Waals surface area contributed by atoms with Crippen molar-refractivity contribution in [3.63, 3.8) is 0 Å². The summed E-state index contributed by atoms with van der Waals surface area (Å²) < 4.78 is 0. The molecule has 3 atom stereocenters. The first kappa shape index (κ1) is 6.45. The van der Waals surface area contributed by atoms with E-state index < -0.39 is 0 Å². The molecule has 0 heterocycles. The molecule has 0 aliphatic heterocycles. The lowest BCUT2D eigenvalue weighted by molar-refractivity contribution is 0.394. The fourth-order valence-electron chi connectivity index (χ4n) is 2.78. The number of hydrogen-bond acceptors (Lipinski definition) is 0. The van der Waals surface area contributed by atoms with E-state index in [0.29, 0.717) is 0 Å². The Hall–Kier alpha value is -0.260. The summed E-state index contributed by atoms with van der Waals surface area (Å²) in [6.07, 6.45) is 10.7. The lowest BCUT2D eigenvalue weighted by atomic mass is 9.89. The van der Waals surface area contributed by atoms with Crippen molar-refractivity contribution >= 4 is 0 Å². The predicted octanol–water partition coefficient (Wildman–Crippen LogP) is 3.00. The third-order valence-electron chi connectivity index (χ3n) is 3.23. The van der Waals surface area contributed by atoms with Gasteiger partial charge in [0.05, 0.1) is 0 Å². The normalized spacial score (nSPS) is 45.5. The number of allylic oxidation sites excluding steroid dienone is 2. The Labute approximate surface area is 63.3 Å². The van der Waals surface area contributed by atoms with Crippen LogP contribution in [-0.4, -0.2) is 0 Å². The summed E-state index contributed by atoms with van der Waals surface area (Å²) in [4.78, 5) is 0. The van der Waals surface area contributed by atoms with Crippen LogP contribution in [0.2, 0.25) is 0 Å². The fraction of sp³-hybridized carbons (Fsp3) is 0.800. The highest BCUT2D eigenvalue weighted by Gasteiger charge is 2.37. The quantitative estimate of drug-likeness (QED) is 0.486. The van der Waals surface area contributed by atoms with Gasteiger partial charge in [0.25, 0.3) is 0 Å². The van der Waals surface area contributed by atoms with E-state index >= 15 is 0 Å². The Morgan fingerprint density at radius 3 is 2.60 bits per heavy atom. The second-order valence-electron chi connectivity index (χ2n) is 3.86. The molecule has 10 heavy (non-hydrogen) atoms. The van der Waals surface area contributed by atoms with Crippen LogP contribution in [0.4, 0.5) is 0 Å². The first-order valence-electron chi connectivity index (χ1n) is 4.53. The Morgan fingerprint density at radius 1 is 1.20 bits per heavy atom. The molecule has 0 radical (unpaired) electrons. The average Bonchev–Trinajstić information content (AvgIpc) is 2.48. The van der Waals surface area contributed by atoms with Crippen LogP contribution >= 0.6 is 0 Å². The van der Waals surface area contributed by atoms with E-state index in [1.165, 1.54) is 25.7 Å². The minimum atomic E-state index is 0.962. The van der Waals surface area contributed by atoms with Crippen LogP contribution in [-0.2, 0) is 0 Å². The third-order valence-corrected chi connectivity index (χ3v) is 3.23. The average molecular weight is 136 g/mol. The van der Waals surface area contributed by atoms with Crippen LogP contribution in [0.15, 0.2) is 12.2 Å². The standard InChI is InChI=1S/C10H16/c1-2-3-9-6-8-4-5-10(9)7-8/h2-3,8-10H,4-7H2,1H3/b3-2+. The SMILES string of the molecule is C/C=C/C1CC2CCC1C2. The monoisotopic (exact) mass is 136 g/mol. The van der Waals surface area contributed by atoms with Gasteiger partial charge in [-0.3, -0.25) is 0 Å². The van der Waals surface area contributed by atoms with Gasteiger partial charge in [0.2, 0.25) is 0 Å². The molecule has 0 saturated heterocycles. The van der Waals surface area contributed by atoms with Gasteiger partial charge in [-0.05, 0) is 43.9 Å². The molecule has 56 valence electrons. The van der Waals surface area contributed by atoms with Crippen LogP contribution in [0.25, 0.3) is 0 Å². The van der Waals surface area contributed by atoms with Crippen molar-refractivity contribution in [2.45, 2.75) is 32.6 Å². The molecule has 2 aliphatic rings. The molecule has 0 spiro atoms.